The molecule has 3 rings (SSSR count). The summed E-state index contributed by atoms with van der Waals surface area (Å²) in [7, 11) is 0. The SMILES string of the molecule is CC(=O)Nc1ccc(Cl)c(Nc2ccnc3ccc(C)cc23)c1. The molecule has 0 fully saturated rings. The maximum Gasteiger partial charge on any atom is 0.221 e. The van der Waals surface area contributed by atoms with Crippen molar-refractivity contribution in [2.24, 2.45) is 0 Å². The Kier molecular flexibility index (Phi) is 4.17. The molecule has 3 aromatic rings. The number of aryl methyl sites for hydroxylation is 1. The van der Waals surface area contributed by atoms with E-state index in [9.17, 15) is 4.79 Å². The van der Waals surface area contributed by atoms with E-state index in [1.54, 1.807) is 18.3 Å². The number of nitrogens with one attached hydrogen (secondary N) is 2. The highest BCUT2D eigenvalue weighted by atomic mass is 35.5. The van der Waals surface area contributed by atoms with E-state index in [2.05, 4.69) is 21.7 Å². The van der Waals surface area contributed by atoms with Gasteiger partial charge in [-0.25, -0.2) is 0 Å². The highest BCUT2D eigenvalue weighted by molar-refractivity contribution is 6.33. The number of aromatic nitrogens is 1. The van der Waals surface area contributed by atoms with Gasteiger partial charge in [-0.1, -0.05) is 23.2 Å². The van der Waals surface area contributed by atoms with Crippen molar-refractivity contribution in [3.05, 3.63) is 59.2 Å². The molecule has 4 nitrogen and oxygen atoms in total. The standard InChI is InChI=1S/C18H16ClN3O/c1-11-3-6-16-14(9-11)17(7-8-20-16)22-18-10-13(21-12(2)23)4-5-15(18)19/h3-10H,1-2H3,(H,20,22)(H,21,23). The number of fused-ring (bicyclic) bond motifs is 1. The third kappa shape index (κ3) is 3.43. The Bertz CT molecular complexity index is 893. The molecule has 0 unspecified atom stereocenters. The van der Waals surface area contributed by atoms with E-state index in [-0.39, 0.29) is 5.91 Å². The Labute approximate surface area is 139 Å². The first-order valence-electron chi connectivity index (χ1n) is 7.22. The summed E-state index contributed by atoms with van der Waals surface area (Å²) >= 11 is 6.27. The van der Waals surface area contributed by atoms with Crippen LogP contribution in [0.2, 0.25) is 5.02 Å². The lowest BCUT2D eigenvalue weighted by Crippen LogP contribution is -2.06. The van der Waals surface area contributed by atoms with Gasteiger partial charge in [-0.15, -0.1) is 0 Å². The van der Waals surface area contributed by atoms with Crippen molar-refractivity contribution in [3.8, 4) is 0 Å². The van der Waals surface area contributed by atoms with Crippen molar-refractivity contribution in [2.45, 2.75) is 13.8 Å². The average molecular weight is 326 g/mol. The van der Waals surface area contributed by atoms with E-state index in [0.717, 1.165) is 27.8 Å². The first-order valence-corrected chi connectivity index (χ1v) is 7.60. The van der Waals surface area contributed by atoms with Gasteiger partial charge in [0.05, 0.1) is 16.2 Å². The summed E-state index contributed by atoms with van der Waals surface area (Å²) in [5, 5.41) is 7.69. The van der Waals surface area contributed by atoms with E-state index in [1.807, 2.05) is 31.2 Å². The van der Waals surface area contributed by atoms with Crippen LogP contribution in [0.5, 0.6) is 0 Å². The maximum atomic E-state index is 11.2. The number of nitrogens with zero attached hydrogens (tertiary/aromatic N) is 1. The lowest BCUT2D eigenvalue weighted by Gasteiger charge is -2.13. The number of carbonyl (C=O) groups excluding carboxylic acids is 1. The van der Waals surface area contributed by atoms with Crippen molar-refractivity contribution in [1.82, 2.24) is 4.98 Å². The van der Waals surface area contributed by atoms with Gasteiger partial charge in [0, 0.05) is 29.9 Å². The normalized spacial score (nSPS) is 10.6. The number of halogens is 1. The predicted octanol–water partition coefficient (Wildman–Crippen LogP) is 4.90. The number of pyridine rings is 1. The summed E-state index contributed by atoms with van der Waals surface area (Å²) in [5.74, 6) is -0.122. The number of anilines is 3. The molecule has 5 heteroatoms. The fourth-order valence-corrected chi connectivity index (χ4v) is 2.58. The number of rotatable bonds is 3. The quantitative estimate of drug-likeness (QED) is 0.720. The van der Waals surface area contributed by atoms with E-state index in [4.69, 9.17) is 11.6 Å². The molecule has 0 atom stereocenters. The molecule has 2 aromatic carbocycles. The van der Waals surface area contributed by atoms with Gasteiger partial charge in [-0.2, -0.15) is 0 Å². The van der Waals surface area contributed by atoms with Crippen LogP contribution in [-0.2, 0) is 4.79 Å². The molecule has 0 radical (unpaired) electrons. The summed E-state index contributed by atoms with van der Waals surface area (Å²) in [6.45, 7) is 3.52. The number of amides is 1. The first-order chi connectivity index (χ1) is 11.0. The van der Waals surface area contributed by atoms with E-state index in [1.165, 1.54) is 6.92 Å². The highest BCUT2D eigenvalue weighted by Gasteiger charge is 2.07. The molecule has 0 aliphatic carbocycles. The first kappa shape index (κ1) is 15.3. The molecule has 0 spiro atoms. The van der Waals surface area contributed by atoms with Gasteiger partial charge in [0.15, 0.2) is 0 Å². The van der Waals surface area contributed by atoms with Gasteiger partial charge in [0.1, 0.15) is 0 Å². The van der Waals surface area contributed by atoms with Gasteiger partial charge in [0.25, 0.3) is 0 Å². The molecule has 0 saturated heterocycles. The Morgan fingerprint density at radius 2 is 1.91 bits per heavy atom. The number of hydrogen-bond acceptors (Lipinski definition) is 3. The van der Waals surface area contributed by atoms with Crippen LogP contribution in [-0.4, -0.2) is 10.9 Å². The van der Waals surface area contributed by atoms with Crippen LogP contribution in [0.1, 0.15) is 12.5 Å². The third-order valence-electron chi connectivity index (χ3n) is 3.45. The van der Waals surface area contributed by atoms with Crippen molar-refractivity contribution in [2.75, 3.05) is 10.6 Å². The minimum Gasteiger partial charge on any atom is -0.354 e. The average Bonchev–Trinajstić information content (AvgIpc) is 2.50. The molecule has 0 aliphatic rings. The number of benzene rings is 2. The van der Waals surface area contributed by atoms with Crippen molar-refractivity contribution >= 4 is 45.5 Å². The zero-order valence-electron chi connectivity index (χ0n) is 12.9. The molecule has 116 valence electrons. The second kappa shape index (κ2) is 6.26. The lowest BCUT2D eigenvalue weighted by atomic mass is 10.1. The molecule has 1 heterocycles. The highest BCUT2D eigenvalue weighted by Crippen LogP contribution is 2.31. The molecule has 0 bridgehead atoms. The molecule has 2 N–H and O–H groups in total. The third-order valence-corrected chi connectivity index (χ3v) is 3.78. The topological polar surface area (TPSA) is 54.0 Å². The van der Waals surface area contributed by atoms with Crippen LogP contribution >= 0.6 is 11.6 Å². The van der Waals surface area contributed by atoms with Crippen molar-refractivity contribution < 1.29 is 4.79 Å². The van der Waals surface area contributed by atoms with Crippen LogP contribution < -0.4 is 10.6 Å². The minimum atomic E-state index is -0.122. The molecular formula is C18H16ClN3O. The fraction of sp³-hybridized carbons (Fsp3) is 0.111. The Balaban J connectivity index is 2.02. The van der Waals surface area contributed by atoms with Crippen LogP contribution in [0.4, 0.5) is 17.1 Å². The van der Waals surface area contributed by atoms with E-state index in [0.29, 0.717) is 10.7 Å². The number of carbonyl (C=O) groups is 1. The molecule has 1 amide bonds. The monoisotopic (exact) mass is 325 g/mol. The summed E-state index contributed by atoms with van der Waals surface area (Å²) in [5.41, 5.74) is 4.41. The zero-order chi connectivity index (χ0) is 16.4. The van der Waals surface area contributed by atoms with Crippen LogP contribution in [0.25, 0.3) is 10.9 Å². The Morgan fingerprint density at radius 3 is 2.70 bits per heavy atom. The Hall–Kier alpha value is -2.59. The molecule has 0 aliphatic heterocycles. The van der Waals surface area contributed by atoms with Crippen LogP contribution in [0.3, 0.4) is 0 Å². The van der Waals surface area contributed by atoms with E-state index < -0.39 is 0 Å². The van der Waals surface area contributed by atoms with Gasteiger partial charge in [-0.3, -0.25) is 9.78 Å². The maximum absolute atomic E-state index is 11.2. The predicted molar refractivity (Wildman–Crippen MR) is 95.5 cm³/mol. The van der Waals surface area contributed by atoms with Gasteiger partial charge < -0.3 is 10.6 Å². The minimum absolute atomic E-state index is 0.122. The molecule has 23 heavy (non-hydrogen) atoms. The second-order valence-corrected chi connectivity index (χ2v) is 5.79. The van der Waals surface area contributed by atoms with Gasteiger partial charge >= 0.3 is 0 Å². The Morgan fingerprint density at radius 1 is 1.09 bits per heavy atom. The molecule has 0 saturated carbocycles. The number of hydrogen-bond donors (Lipinski definition) is 2. The smallest absolute Gasteiger partial charge is 0.221 e. The van der Waals surface area contributed by atoms with Gasteiger partial charge in [-0.05, 0) is 43.3 Å². The van der Waals surface area contributed by atoms with Crippen LogP contribution in [0, 0.1) is 6.92 Å². The summed E-state index contributed by atoms with van der Waals surface area (Å²) in [6.07, 6.45) is 1.76. The second-order valence-electron chi connectivity index (χ2n) is 5.38. The van der Waals surface area contributed by atoms with Crippen LogP contribution in [0.15, 0.2) is 48.7 Å². The molecular weight excluding hydrogens is 310 g/mol. The summed E-state index contributed by atoms with van der Waals surface area (Å²) in [6, 6.07) is 13.3. The summed E-state index contributed by atoms with van der Waals surface area (Å²) in [4.78, 5) is 15.6. The van der Waals surface area contributed by atoms with Crippen molar-refractivity contribution in [1.29, 1.82) is 0 Å². The largest absolute Gasteiger partial charge is 0.354 e. The lowest BCUT2D eigenvalue weighted by molar-refractivity contribution is -0.114. The summed E-state index contributed by atoms with van der Waals surface area (Å²) < 4.78 is 0. The fourth-order valence-electron chi connectivity index (χ4n) is 2.42. The molecule has 1 aromatic heterocycles. The van der Waals surface area contributed by atoms with Crippen molar-refractivity contribution in [3.63, 3.8) is 0 Å². The van der Waals surface area contributed by atoms with Gasteiger partial charge in [0.2, 0.25) is 5.91 Å². The van der Waals surface area contributed by atoms with E-state index >= 15 is 0 Å². The zero-order valence-corrected chi connectivity index (χ0v) is 13.6.